The molecule has 348 valence electrons. The number of aliphatic hydroxyl groups excluding tert-OH is 1. The quantitative estimate of drug-likeness (QED) is 0.0200. The molecule has 11 nitrogen and oxygen atoms in total. The zero-order chi connectivity index (χ0) is 44.9. The van der Waals surface area contributed by atoms with E-state index in [1.165, 1.54) is 77.0 Å². The van der Waals surface area contributed by atoms with Gasteiger partial charge >= 0.3 is 19.8 Å². The number of nitrogens with one attached hydrogen (secondary N) is 1. The lowest BCUT2D eigenvalue weighted by atomic mass is 10.0. The number of amides is 1. The summed E-state index contributed by atoms with van der Waals surface area (Å²) < 4.78 is 26.8. The number of carbonyl (C=O) groups excluding carboxylic acids is 2. The Balaban J connectivity index is 4.02. The average Bonchev–Trinajstić information content (AvgIpc) is 3.24. The molecule has 3 unspecified atom stereocenters. The van der Waals surface area contributed by atoms with E-state index in [9.17, 15) is 34.1 Å². The highest BCUT2D eigenvalue weighted by Crippen LogP contribution is 2.43. The number of phosphoric ester groups is 1. The molecule has 0 saturated heterocycles. The molecule has 3 atom stereocenters. The van der Waals surface area contributed by atoms with Crippen molar-refractivity contribution in [1.82, 2.24) is 5.32 Å². The number of esters is 1. The number of rotatable bonds is 42. The summed E-state index contributed by atoms with van der Waals surface area (Å²) in [6, 6.07) is -1.61. The van der Waals surface area contributed by atoms with E-state index in [-0.39, 0.29) is 12.8 Å². The molecule has 0 aliphatic rings. The normalized spacial score (nSPS) is 14.4. The smallest absolute Gasteiger partial charge is 0.472 e. The number of ether oxygens (including phenoxy) is 1. The van der Waals surface area contributed by atoms with Crippen LogP contribution in [0.4, 0.5) is 0 Å². The van der Waals surface area contributed by atoms with Gasteiger partial charge in [0.25, 0.3) is 0 Å². The predicted octanol–water partition coefficient (Wildman–Crippen LogP) is 12.3. The van der Waals surface area contributed by atoms with Crippen LogP contribution < -0.4 is 5.32 Å². The van der Waals surface area contributed by atoms with E-state index in [2.05, 4.69) is 79.9 Å². The number of allylic oxidation sites excluding steroid dienone is 13. The van der Waals surface area contributed by atoms with Crippen LogP contribution in [0.1, 0.15) is 174 Å². The fourth-order valence-corrected chi connectivity index (χ4v) is 6.70. The van der Waals surface area contributed by atoms with Gasteiger partial charge in [0, 0.05) is 12.8 Å². The second kappa shape index (κ2) is 43.3. The van der Waals surface area contributed by atoms with Crippen molar-refractivity contribution in [2.45, 2.75) is 187 Å². The SMILES string of the molecule is CC/C=C\C/C=C\C/C=C\C/C=C\C/C=C\C/C=C\C/C=C\CC(=O)NC(COP(=O)(O)OCC(O)COC(=O)CCCCCCCCCCCCCCCCCC)C(=O)O. The molecule has 0 rings (SSSR count). The summed E-state index contributed by atoms with van der Waals surface area (Å²) in [6.45, 7) is 2.41. The van der Waals surface area contributed by atoms with Gasteiger partial charge in [0.2, 0.25) is 5.91 Å². The maximum atomic E-state index is 12.3. The van der Waals surface area contributed by atoms with Gasteiger partial charge < -0.3 is 25.2 Å². The molecule has 0 radical (unpaired) electrons. The zero-order valence-corrected chi connectivity index (χ0v) is 38.6. The topological polar surface area (TPSA) is 169 Å². The molecular formula is C49H82NO10P. The van der Waals surface area contributed by atoms with Crippen molar-refractivity contribution < 1.29 is 47.8 Å². The first kappa shape index (κ1) is 57.7. The molecular weight excluding hydrogens is 794 g/mol. The Morgan fingerprint density at radius 3 is 1.33 bits per heavy atom. The Hall–Kier alpha value is -3.34. The first-order chi connectivity index (χ1) is 29.6. The van der Waals surface area contributed by atoms with Crippen molar-refractivity contribution in [3.05, 3.63) is 85.1 Å². The van der Waals surface area contributed by atoms with E-state index in [0.717, 1.165) is 57.8 Å². The van der Waals surface area contributed by atoms with Gasteiger partial charge in [-0.2, -0.15) is 0 Å². The second-order valence-corrected chi connectivity index (χ2v) is 16.7. The van der Waals surface area contributed by atoms with Crippen LogP contribution in [0.2, 0.25) is 0 Å². The maximum absolute atomic E-state index is 12.3. The van der Waals surface area contributed by atoms with Gasteiger partial charge in [-0.15, -0.1) is 0 Å². The van der Waals surface area contributed by atoms with Crippen LogP contribution in [0.15, 0.2) is 85.1 Å². The molecule has 0 fully saturated rings. The van der Waals surface area contributed by atoms with Crippen LogP contribution in [0.5, 0.6) is 0 Å². The van der Waals surface area contributed by atoms with Gasteiger partial charge in [0.05, 0.1) is 13.2 Å². The van der Waals surface area contributed by atoms with E-state index in [1.807, 2.05) is 12.2 Å². The van der Waals surface area contributed by atoms with Gasteiger partial charge in [0.1, 0.15) is 12.7 Å². The zero-order valence-electron chi connectivity index (χ0n) is 37.7. The number of hydrogen-bond acceptors (Lipinski definition) is 8. The Labute approximate surface area is 369 Å². The van der Waals surface area contributed by atoms with Gasteiger partial charge in [0.15, 0.2) is 6.04 Å². The molecule has 0 heterocycles. The third kappa shape index (κ3) is 43.1. The molecule has 0 bridgehead atoms. The standard InChI is InChI=1S/C49H82NO10P/c1-3-5-7-9-11-13-15-17-19-21-22-23-24-25-26-28-30-32-34-36-38-40-47(52)50-46(49(54)55)44-60-61(56,57)59-43-45(51)42-58-48(53)41-39-37-35-33-31-29-27-20-18-16-14-12-10-8-6-4-2/h5,7,11,13,17,19,22-23,25-26,30,32,36,38,45-46,51H,3-4,6,8-10,12,14-16,18,20-21,24,27-29,31,33-35,37,39-44H2,1-2H3,(H,50,52)(H,54,55)(H,56,57)/b7-5-,13-11-,19-17-,23-22-,26-25-,32-30-,38-36-. The highest BCUT2D eigenvalue weighted by Gasteiger charge is 2.28. The molecule has 4 N–H and O–H groups in total. The Morgan fingerprint density at radius 2 is 0.918 bits per heavy atom. The molecule has 0 aliphatic heterocycles. The molecule has 61 heavy (non-hydrogen) atoms. The average molecular weight is 876 g/mol. The van der Waals surface area contributed by atoms with E-state index in [1.54, 1.807) is 12.2 Å². The number of aliphatic hydroxyl groups is 1. The van der Waals surface area contributed by atoms with Crippen molar-refractivity contribution in [2.75, 3.05) is 19.8 Å². The summed E-state index contributed by atoms with van der Waals surface area (Å²) in [4.78, 5) is 45.9. The molecule has 0 aromatic carbocycles. The van der Waals surface area contributed by atoms with Gasteiger partial charge in [-0.1, -0.05) is 195 Å². The summed E-state index contributed by atoms with van der Waals surface area (Å²) in [5.74, 6) is -2.55. The lowest BCUT2D eigenvalue weighted by Crippen LogP contribution is -2.43. The van der Waals surface area contributed by atoms with Crippen molar-refractivity contribution >= 4 is 25.7 Å². The van der Waals surface area contributed by atoms with Crippen molar-refractivity contribution in [3.63, 3.8) is 0 Å². The molecule has 1 amide bonds. The third-order valence-electron chi connectivity index (χ3n) is 9.48. The summed E-state index contributed by atoms with van der Waals surface area (Å²) >= 11 is 0. The summed E-state index contributed by atoms with van der Waals surface area (Å²) in [5.41, 5.74) is 0. The highest BCUT2D eigenvalue weighted by atomic mass is 31.2. The largest absolute Gasteiger partial charge is 0.480 e. The summed E-state index contributed by atoms with van der Waals surface area (Å²) in [7, 11) is -4.79. The fraction of sp³-hybridized carbons (Fsp3) is 0.653. The molecule has 0 spiro atoms. The maximum Gasteiger partial charge on any atom is 0.472 e. The fourth-order valence-electron chi connectivity index (χ4n) is 5.92. The second-order valence-electron chi connectivity index (χ2n) is 15.2. The Morgan fingerprint density at radius 1 is 0.541 bits per heavy atom. The molecule has 0 aliphatic carbocycles. The van der Waals surface area contributed by atoms with Gasteiger partial charge in [-0.25, -0.2) is 9.36 Å². The number of hydrogen-bond donors (Lipinski definition) is 4. The van der Waals surface area contributed by atoms with Crippen LogP contribution >= 0.6 is 7.82 Å². The lowest BCUT2D eigenvalue weighted by molar-refractivity contribution is -0.147. The van der Waals surface area contributed by atoms with Crippen LogP contribution in [0, 0.1) is 0 Å². The molecule has 0 saturated carbocycles. The molecule has 12 heteroatoms. The van der Waals surface area contributed by atoms with Gasteiger partial charge in [-0.05, 0) is 51.4 Å². The summed E-state index contributed by atoms with van der Waals surface area (Å²) in [5, 5.41) is 21.8. The van der Waals surface area contributed by atoms with Crippen LogP contribution in [0.25, 0.3) is 0 Å². The highest BCUT2D eigenvalue weighted by molar-refractivity contribution is 7.47. The number of carbonyl (C=O) groups is 3. The number of phosphoric acid groups is 1. The number of unbranched alkanes of at least 4 members (excludes halogenated alkanes) is 15. The number of carboxylic acid groups (broad SMARTS) is 1. The van der Waals surface area contributed by atoms with E-state index in [0.29, 0.717) is 12.8 Å². The van der Waals surface area contributed by atoms with Crippen molar-refractivity contribution in [1.29, 1.82) is 0 Å². The first-order valence-corrected chi connectivity index (χ1v) is 24.6. The third-order valence-corrected chi connectivity index (χ3v) is 10.4. The minimum absolute atomic E-state index is 0.0932. The van der Waals surface area contributed by atoms with Crippen molar-refractivity contribution in [2.24, 2.45) is 0 Å². The first-order valence-electron chi connectivity index (χ1n) is 23.1. The minimum Gasteiger partial charge on any atom is -0.480 e. The van der Waals surface area contributed by atoms with Gasteiger partial charge in [-0.3, -0.25) is 18.6 Å². The lowest BCUT2D eigenvalue weighted by Gasteiger charge is -2.18. The Kier molecular flexibility index (Phi) is 40.9. The Bertz CT molecular complexity index is 1350. The van der Waals surface area contributed by atoms with Crippen LogP contribution in [-0.2, 0) is 32.7 Å². The molecule has 0 aromatic rings. The number of aliphatic carboxylic acids is 1. The molecule has 0 aromatic heterocycles. The number of carboxylic acids is 1. The monoisotopic (exact) mass is 876 g/mol. The van der Waals surface area contributed by atoms with Crippen molar-refractivity contribution in [3.8, 4) is 0 Å². The van der Waals surface area contributed by atoms with E-state index in [4.69, 9.17) is 13.8 Å². The van der Waals surface area contributed by atoms with E-state index < -0.39 is 57.6 Å². The van der Waals surface area contributed by atoms with E-state index >= 15 is 0 Å². The van der Waals surface area contributed by atoms with Crippen LogP contribution in [-0.4, -0.2) is 64.9 Å². The predicted molar refractivity (Wildman–Crippen MR) is 249 cm³/mol. The minimum atomic E-state index is -4.79. The van der Waals surface area contributed by atoms with Crippen LogP contribution in [0.3, 0.4) is 0 Å². The summed E-state index contributed by atoms with van der Waals surface area (Å²) in [6.07, 6.45) is 53.5.